The predicted octanol–water partition coefficient (Wildman–Crippen LogP) is 2.37. The molecule has 1 aromatic carbocycles. The van der Waals surface area contributed by atoms with E-state index < -0.39 is 0 Å². The van der Waals surface area contributed by atoms with Crippen molar-refractivity contribution in [2.45, 2.75) is 19.3 Å². The van der Waals surface area contributed by atoms with E-state index in [-0.39, 0.29) is 17.8 Å². The van der Waals surface area contributed by atoms with Crippen LogP contribution in [0.4, 0.5) is 0 Å². The largest absolute Gasteiger partial charge is 0.466 e. The summed E-state index contributed by atoms with van der Waals surface area (Å²) in [4.78, 5) is 11.9. The Morgan fingerprint density at radius 1 is 1.41 bits per heavy atom. The molecule has 17 heavy (non-hydrogen) atoms. The molecule has 1 aromatic rings. The van der Waals surface area contributed by atoms with Crippen molar-refractivity contribution in [3.63, 3.8) is 0 Å². The molecular weight excluding hydrogens is 216 g/mol. The lowest BCUT2D eigenvalue weighted by Gasteiger charge is -2.30. The fourth-order valence-electron chi connectivity index (χ4n) is 2.32. The number of benzene rings is 1. The van der Waals surface area contributed by atoms with Crippen LogP contribution in [0.2, 0.25) is 0 Å². The first-order chi connectivity index (χ1) is 8.33. The monoisotopic (exact) mass is 234 g/mol. The summed E-state index contributed by atoms with van der Waals surface area (Å²) in [6.45, 7) is 3.45. The molecule has 0 saturated carbocycles. The topological polar surface area (TPSA) is 35.5 Å². The lowest BCUT2D eigenvalue weighted by atomic mass is 9.83. The van der Waals surface area contributed by atoms with E-state index >= 15 is 0 Å². The molecule has 1 heterocycles. The molecule has 0 aliphatic carbocycles. The maximum Gasteiger partial charge on any atom is 0.311 e. The van der Waals surface area contributed by atoms with E-state index in [4.69, 9.17) is 9.47 Å². The Bertz CT molecular complexity index is 361. The van der Waals surface area contributed by atoms with Gasteiger partial charge in [0.05, 0.1) is 19.1 Å². The summed E-state index contributed by atoms with van der Waals surface area (Å²) in [7, 11) is 0. The van der Waals surface area contributed by atoms with Gasteiger partial charge in [0.1, 0.15) is 0 Å². The van der Waals surface area contributed by atoms with Crippen LogP contribution >= 0.6 is 0 Å². The molecule has 0 bridgehead atoms. The van der Waals surface area contributed by atoms with Crippen molar-refractivity contribution in [2.75, 3.05) is 19.8 Å². The van der Waals surface area contributed by atoms with Gasteiger partial charge >= 0.3 is 5.97 Å². The van der Waals surface area contributed by atoms with Gasteiger partial charge in [0.15, 0.2) is 0 Å². The molecule has 2 atom stereocenters. The number of carbonyl (C=O) groups excluding carboxylic acids is 1. The average Bonchev–Trinajstić information content (AvgIpc) is 2.40. The Balaban J connectivity index is 2.15. The Labute approximate surface area is 102 Å². The van der Waals surface area contributed by atoms with Crippen molar-refractivity contribution in [3.05, 3.63) is 35.9 Å². The van der Waals surface area contributed by atoms with Crippen molar-refractivity contribution in [2.24, 2.45) is 5.92 Å². The van der Waals surface area contributed by atoms with Crippen LogP contribution in [0, 0.1) is 5.92 Å². The van der Waals surface area contributed by atoms with E-state index in [1.165, 1.54) is 5.56 Å². The molecule has 0 spiro atoms. The number of esters is 1. The van der Waals surface area contributed by atoms with Crippen LogP contribution in [-0.2, 0) is 14.3 Å². The van der Waals surface area contributed by atoms with Crippen LogP contribution in [-0.4, -0.2) is 25.8 Å². The molecule has 3 nitrogen and oxygen atoms in total. The van der Waals surface area contributed by atoms with Crippen LogP contribution in [0.1, 0.15) is 24.8 Å². The predicted molar refractivity (Wildman–Crippen MR) is 64.7 cm³/mol. The summed E-state index contributed by atoms with van der Waals surface area (Å²) in [5.41, 5.74) is 1.20. The third-order valence-electron chi connectivity index (χ3n) is 3.17. The van der Waals surface area contributed by atoms with Gasteiger partial charge in [0, 0.05) is 12.5 Å². The molecule has 0 radical (unpaired) electrons. The van der Waals surface area contributed by atoms with Gasteiger partial charge in [0.2, 0.25) is 0 Å². The Morgan fingerprint density at radius 3 is 2.88 bits per heavy atom. The minimum absolute atomic E-state index is 0.138. The second-order valence-corrected chi connectivity index (χ2v) is 4.24. The second kappa shape index (κ2) is 5.82. The highest BCUT2D eigenvalue weighted by Crippen LogP contribution is 2.32. The number of hydrogen-bond acceptors (Lipinski definition) is 3. The summed E-state index contributed by atoms with van der Waals surface area (Å²) in [5.74, 6) is -0.0730. The first-order valence-corrected chi connectivity index (χ1v) is 6.12. The smallest absolute Gasteiger partial charge is 0.311 e. The van der Waals surface area contributed by atoms with E-state index in [1.807, 2.05) is 25.1 Å². The van der Waals surface area contributed by atoms with Gasteiger partial charge in [0.25, 0.3) is 0 Å². The molecule has 0 unspecified atom stereocenters. The summed E-state index contributed by atoms with van der Waals surface area (Å²) in [6.07, 6.45) is 0.882. The van der Waals surface area contributed by atoms with Crippen molar-refractivity contribution in [1.82, 2.24) is 0 Å². The number of carbonyl (C=O) groups is 1. The van der Waals surface area contributed by atoms with Gasteiger partial charge in [-0.05, 0) is 18.9 Å². The zero-order valence-electron chi connectivity index (χ0n) is 10.1. The molecule has 1 aliphatic heterocycles. The van der Waals surface area contributed by atoms with Crippen LogP contribution in [0.25, 0.3) is 0 Å². The van der Waals surface area contributed by atoms with Crippen LogP contribution in [0.3, 0.4) is 0 Å². The normalized spacial score (nSPS) is 24.3. The zero-order chi connectivity index (χ0) is 12.1. The van der Waals surface area contributed by atoms with Crippen molar-refractivity contribution in [1.29, 1.82) is 0 Å². The average molecular weight is 234 g/mol. The molecule has 0 N–H and O–H groups in total. The van der Waals surface area contributed by atoms with Crippen LogP contribution < -0.4 is 0 Å². The molecule has 0 amide bonds. The summed E-state index contributed by atoms with van der Waals surface area (Å²) in [6, 6.07) is 10.1. The minimum atomic E-state index is -0.161. The molecule has 3 heteroatoms. The zero-order valence-corrected chi connectivity index (χ0v) is 10.1. The van der Waals surface area contributed by atoms with E-state index in [0.717, 1.165) is 13.0 Å². The highest BCUT2D eigenvalue weighted by Gasteiger charge is 2.33. The molecule has 0 aromatic heterocycles. The first-order valence-electron chi connectivity index (χ1n) is 6.12. The fourth-order valence-corrected chi connectivity index (χ4v) is 2.32. The molecule has 2 rings (SSSR count). The van der Waals surface area contributed by atoms with E-state index in [2.05, 4.69) is 12.1 Å². The van der Waals surface area contributed by atoms with Crippen molar-refractivity contribution in [3.8, 4) is 0 Å². The van der Waals surface area contributed by atoms with Crippen molar-refractivity contribution < 1.29 is 14.3 Å². The maximum absolute atomic E-state index is 11.9. The van der Waals surface area contributed by atoms with Crippen molar-refractivity contribution >= 4 is 5.97 Å². The first kappa shape index (κ1) is 12.1. The minimum Gasteiger partial charge on any atom is -0.466 e. The van der Waals surface area contributed by atoms with Gasteiger partial charge in [-0.15, -0.1) is 0 Å². The molecule has 1 fully saturated rings. The standard InChI is InChI=1S/C14H18O3/c1-2-17-14(15)13-10-16-9-8-12(13)11-6-4-3-5-7-11/h3-7,12-13H,2,8-10H2,1H3/t12-,13-/m0/s1. The Hall–Kier alpha value is -1.35. The van der Waals surface area contributed by atoms with Gasteiger partial charge in [-0.3, -0.25) is 4.79 Å². The van der Waals surface area contributed by atoms with E-state index in [1.54, 1.807) is 0 Å². The lowest BCUT2D eigenvalue weighted by molar-refractivity contribution is -0.153. The quantitative estimate of drug-likeness (QED) is 0.753. The molecule has 1 saturated heterocycles. The number of hydrogen-bond donors (Lipinski definition) is 0. The molecule has 1 aliphatic rings. The SMILES string of the molecule is CCOC(=O)[C@H]1COCC[C@H]1c1ccccc1. The number of ether oxygens (including phenoxy) is 2. The van der Waals surface area contributed by atoms with Gasteiger partial charge in [-0.25, -0.2) is 0 Å². The van der Waals surface area contributed by atoms with Gasteiger partial charge in [-0.1, -0.05) is 30.3 Å². The highest BCUT2D eigenvalue weighted by molar-refractivity contribution is 5.74. The summed E-state index contributed by atoms with van der Waals surface area (Å²) >= 11 is 0. The molecule has 92 valence electrons. The highest BCUT2D eigenvalue weighted by atomic mass is 16.5. The molecular formula is C14H18O3. The van der Waals surface area contributed by atoms with Crippen LogP contribution in [0.15, 0.2) is 30.3 Å². The third-order valence-corrected chi connectivity index (χ3v) is 3.17. The number of rotatable bonds is 3. The third kappa shape index (κ3) is 2.86. The summed E-state index contributed by atoms with van der Waals surface area (Å²) in [5, 5.41) is 0. The Morgan fingerprint density at radius 2 is 2.18 bits per heavy atom. The fraction of sp³-hybridized carbons (Fsp3) is 0.500. The second-order valence-electron chi connectivity index (χ2n) is 4.24. The van der Waals surface area contributed by atoms with Gasteiger partial charge in [-0.2, -0.15) is 0 Å². The van der Waals surface area contributed by atoms with E-state index in [0.29, 0.717) is 13.2 Å². The Kier molecular flexibility index (Phi) is 4.15. The van der Waals surface area contributed by atoms with Gasteiger partial charge < -0.3 is 9.47 Å². The van der Waals surface area contributed by atoms with Crippen LogP contribution in [0.5, 0.6) is 0 Å². The lowest BCUT2D eigenvalue weighted by Crippen LogP contribution is -2.33. The summed E-state index contributed by atoms with van der Waals surface area (Å²) < 4.78 is 10.5. The van der Waals surface area contributed by atoms with E-state index in [9.17, 15) is 4.79 Å². The maximum atomic E-state index is 11.9.